The van der Waals surface area contributed by atoms with Gasteiger partial charge in [-0.05, 0) is 24.1 Å². The SMILES string of the molecule is Cc1nnc(N2C[C@@H](O)C[C@@H]2c2ccc(F)c(F)c2)o1. The van der Waals surface area contributed by atoms with Gasteiger partial charge in [-0.3, -0.25) is 0 Å². The third-order valence-corrected chi connectivity index (χ3v) is 3.37. The smallest absolute Gasteiger partial charge is 0.318 e. The zero-order valence-electron chi connectivity index (χ0n) is 10.8. The van der Waals surface area contributed by atoms with Crippen LogP contribution in [0.4, 0.5) is 14.8 Å². The summed E-state index contributed by atoms with van der Waals surface area (Å²) < 4.78 is 31.7. The first-order valence-corrected chi connectivity index (χ1v) is 6.24. The molecule has 1 fully saturated rings. The second-order valence-electron chi connectivity index (χ2n) is 4.83. The standard InChI is InChI=1S/C13H13F2N3O2/c1-7-16-17-13(20-7)18-6-9(19)5-12(18)8-2-3-10(14)11(15)4-8/h2-4,9,12,19H,5-6H2,1H3/t9-,12+/m0/s1. The summed E-state index contributed by atoms with van der Waals surface area (Å²) in [6.45, 7) is 1.97. The highest BCUT2D eigenvalue weighted by Crippen LogP contribution is 2.35. The number of nitrogens with zero attached hydrogens (tertiary/aromatic N) is 3. The van der Waals surface area contributed by atoms with Crippen molar-refractivity contribution < 1.29 is 18.3 Å². The van der Waals surface area contributed by atoms with Crippen LogP contribution in [-0.4, -0.2) is 28.0 Å². The maximum atomic E-state index is 13.4. The highest BCUT2D eigenvalue weighted by Gasteiger charge is 2.35. The fourth-order valence-corrected chi connectivity index (χ4v) is 2.46. The molecular formula is C13H13F2N3O2. The fraction of sp³-hybridized carbons (Fsp3) is 0.385. The lowest BCUT2D eigenvalue weighted by Gasteiger charge is -2.22. The summed E-state index contributed by atoms with van der Waals surface area (Å²) in [4.78, 5) is 1.71. The number of β-amino-alcohol motifs (C(OH)–C–C–N with tert-alkyl or cyclic N) is 1. The largest absolute Gasteiger partial charge is 0.408 e. The Kier molecular flexibility index (Phi) is 3.13. The van der Waals surface area contributed by atoms with Crippen molar-refractivity contribution in [3.05, 3.63) is 41.3 Å². The molecule has 1 aliphatic heterocycles. The van der Waals surface area contributed by atoms with Crippen LogP contribution >= 0.6 is 0 Å². The number of aromatic nitrogens is 2. The van der Waals surface area contributed by atoms with Crippen LogP contribution in [0.15, 0.2) is 22.6 Å². The van der Waals surface area contributed by atoms with Crippen LogP contribution in [0, 0.1) is 18.6 Å². The summed E-state index contributed by atoms with van der Waals surface area (Å²) >= 11 is 0. The Morgan fingerprint density at radius 3 is 2.75 bits per heavy atom. The molecule has 2 atom stereocenters. The van der Waals surface area contributed by atoms with E-state index < -0.39 is 17.7 Å². The van der Waals surface area contributed by atoms with Gasteiger partial charge in [0.15, 0.2) is 11.6 Å². The van der Waals surface area contributed by atoms with E-state index in [4.69, 9.17) is 4.42 Å². The molecule has 0 radical (unpaired) electrons. The number of hydrogen-bond acceptors (Lipinski definition) is 5. The van der Waals surface area contributed by atoms with Crippen molar-refractivity contribution >= 4 is 6.01 Å². The van der Waals surface area contributed by atoms with Gasteiger partial charge in [0.1, 0.15) is 0 Å². The van der Waals surface area contributed by atoms with Crippen LogP contribution in [0.25, 0.3) is 0 Å². The van der Waals surface area contributed by atoms with E-state index in [0.717, 1.165) is 12.1 Å². The lowest BCUT2D eigenvalue weighted by atomic mass is 10.0. The average molecular weight is 281 g/mol. The monoisotopic (exact) mass is 281 g/mol. The molecule has 2 heterocycles. The molecule has 0 unspecified atom stereocenters. The van der Waals surface area contributed by atoms with Crippen LogP contribution in [0.3, 0.4) is 0 Å². The Morgan fingerprint density at radius 1 is 1.30 bits per heavy atom. The summed E-state index contributed by atoms with van der Waals surface area (Å²) in [5.74, 6) is -1.40. The molecular weight excluding hydrogens is 268 g/mol. The molecule has 106 valence electrons. The van der Waals surface area contributed by atoms with Gasteiger partial charge in [-0.25, -0.2) is 8.78 Å². The Hall–Kier alpha value is -2.02. The van der Waals surface area contributed by atoms with Gasteiger partial charge in [0.2, 0.25) is 5.89 Å². The number of aliphatic hydroxyl groups excluding tert-OH is 1. The Balaban J connectivity index is 1.95. The van der Waals surface area contributed by atoms with E-state index in [-0.39, 0.29) is 12.1 Å². The maximum Gasteiger partial charge on any atom is 0.318 e. The molecule has 0 amide bonds. The van der Waals surface area contributed by atoms with Gasteiger partial charge in [-0.1, -0.05) is 11.2 Å². The lowest BCUT2D eigenvalue weighted by Crippen LogP contribution is -2.24. The summed E-state index contributed by atoms with van der Waals surface area (Å²) in [6.07, 6.45) is -0.188. The Bertz CT molecular complexity index is 632. The van der Waals surface area contributed by atoms with Crippen LogP contribution < -0.4 is 4.90 Å². The maximum absolute atomic E-state index is 13.4. The Labute approximate surface area is 113 Å². The number of aryl methyl sites for hydroxylation is 1. The van der Waals surface area contributed by atoms with Gasteiger partial charge >= 0.3 is 6.01 Å². The van der Waals surface area contributed by atoms with Gasteiger partial charge in [0.25, 0.3) is 0 Å². The molecule has 3 rings (SSSR count). The molecule has 20 heavy (non-hydrogen) atoms. The quantitative estimate of drug-likeness (QED) is 0.911. The fourth-order valence-electron chi connectivity index (χ4n) is 2.46. The third kappa shape index (κ3) is 2.24. The lowest BCUT2D eigenvalue weighted by molar-refractivity contribution is 0.194. The summed E-state index contributed by atoms with van der Waals surface area (Å²) in [7, 11) is 0. The van der Waals surface area contributed by atoms with Gasteiger partial charge in [0, 0.05) is 13.5 Å². The minimum absolute atomic E-state index is 0.272. The molecule has 1 aromatic carbocycles. The predicted molar refractivity (Wildman–Crippen MR) is 66.1 cm³/mol. The van der Waals surface area contributed by atoms with E-state index in [0.29, 0.717) is 24.4 Å². The van der Waals surface area contributed by atoms with Gasteiger partial charge in [0.05, 0.1) is 12.1 Å². The van der Waals surface area contributed by atoms with E-state index >= 15 is 0 Å². The number of aliphatic hydroxyl groups is 1. The van der Waals surface area contributed by atoms with Crippen LogP contribution in [0.5, 0.6) is 0 Å². The first kappa shape index (κ1) is 13.0. The van der Waals surface area contributed by atoms with Crippen LogP contribution in [0.1, 0.15) is 23.9 Å². The molecule has 5 nitrogen and oxygen atoms in total. The molecule has 1 saturated heterocycles. The van der Waals surface area contributed by atoms with Gasteiger partial charge < -0.3 is 14.4 Å². The van der Waals surface area contributed by atoms with Crippen molar-refractivity contribution in [1.29, 1.82) is 0 Å². The van der Waals surface area contributed by atoms with E-state index in [1.54, 1.807) is 11.8 Å². The molecule has 2 aromatic rings. The predicted octanol–water partition coefficient (Wildman–Crippen LogP) is 1.97. The minimum atomic E-state index is -0.912. The molecule has 0 spiro atoms. The Morgan fingerprint density at radius 2 is 2.10 bits per heavy atom. The van der Waals surface area contributed by atoms with Crippen molar-refractivity contribution in [3.63, 3.8) is 0 Å². The number of benzene rings is 1. The van der Waals surface area contributed by atoms with E-state index in [9.17, 15) is 13.9 Å². The third-order valence-electron chi connectivity index (χ3n) is 3.37. The van der Waals surface area contributed by atoms with E-state index in [1.165, 1.54) is 6.07 Å². The van der Waals surface area contributed by atoms with E-state index in [2.05, 4.69) is 10.2 Å². The van der Waals surface area contributed by atoms with E-state index in [1.807, 2.05) is 0 Å². The zero-order valence-corrected chi connectivity index (χ0v) is 10.8. The number of anilines is 1. The van der Waals surface area contributed by atoms with Gasteiger partial charge in [-0.2, -0.15) is 0 Å². The topological polar surface area (TPSA) is 62.4 Å². The zero-order chi connectivity index (χ0) is 14.3. The molecule has 0 saturated carbocycles. The van der Waals surface area contributed by atoms with Crippen molar-refractivity contribution in [2.24, 2.45) is 0 Å². The van der Waals surface area contributed by atoms with Crippen molar-refractivity contribution in [2.75, 3.05) is 11.4 Å². The second-order valence-corrected chi connectivity index (χ2v) is 4.83. The number of hydrogen-bond donors (Lipinski definition) is 1. The molecule has 1 aromatic heterocycles. The first-order chi connectivity index (χ1) is 9.54. The van der Waals surface area contributed by atoms with Crippen molar-refractivity contribution in [1.82, 2.24) is 10.2 Å². The highest BCUT2D eigenvalue weighted by molar-refractivity contribution is 5.37. The molecule has 1 aliphatic rings. The summed E-state index contributed by atoms with van der Waals surface area (Å²) in [5, 5.41) is 17.5. The minimum Gasteiger partial charge on any atom is -0.408 e. The number of halogens is 2. The average Bonchev–Trinajstić information content (AvgIpc) is 2.99. The summed E-state index contributed by atoms with van der Waals surface area (Å²) in [5.41, 5.74) is 0.566. The van der Waals surface area contributed by atoms with Crippen molar-refractivity contribution in [2.45, 2.75) is 25.5 Å². The van der Waals surface area contributed by atoms with Gasteiger partial charge in [-0.15, -0.1) is 5.10 Å². The first-order valence-electron chi connectivity index (χ1n) is 6.24. The van der Waals surface area contributed by atoms with Crippen LogP contribution in [-0.2, 0) is 0 Å². The molecule has 7 heteroatoms. The van der Waals surface area contributed by atoms with Crippen LogP contribution in [0.2, 0.25) is 0 Å². The highest BCUT2D eigenvalue weighted by atomic mass is 19.2. The molecule has 1 N–H and O–H groups in total. The molecule has 0 aliphatic carbocycles. The normalized spacial score (nSPS) is 22.5. The summed E-state index contributed by atoms with van der Waals surface area (Å²) in [6, 6.07) is 3.66. The molecule has 0 bridgehead atoms. The number of rotatable bonds is 2. The second kappa shape index (κ2) is 4.82. The van der Waals surface area contributed by atoms with Crippen molar-refractivity contribution in [3.8, 4) is 0 Å².